The summed E-state index contributed by atoms with van der Waals surface area (Å²) < 4.78 is 2.13. The number of nitriles is 1. The van der Waals surface area contributed by atoms with Gasteiger partial charge in [-0.05, 0) is 32.0 Å². The molecule has 1 aromatic carbocycles. The fraction of sp³-hybridized carbons (Fsp3) is 0.214. The summed E-state index contributed by atoms with van der Waals surface area (Å²) in [7, 11) is 0. The standard InChI is InChI=1S/C14H12N4S/c1-3-18-13-5-4-10(7-15)6-11(13)17-14(18)12-8-19-9(2)16-12/h4-6,8H,3H2,1-2H3. The van der Waals surface area contributed by atoms with Gasteiger partial charge in [-0.25, -0.2) is 9.97 Å². The molecule has 4 nitrogen and oxygen atoms in total. The summed E-state index contributed by atoms with van der Waals surface area (Å²) in [6.07, 6.45) is 0. The Hall–Kier alpha value is -2.19. The molecule has 0 atom stereocenters. The molecule has 5 heteroatoms. The Kier molecular flexibility index (Phi) is 2.80. The zero-order valence-electron chi connectivity index (χ0n) is 10.7. The lowest BCUT2D eigenvalue weighted by Crippen LogP contribution is -1.97. The van der Waals surface area contributed by atoms with Crippen LogP contribution >= 0.6 is 11.3 Å². The van der Waals surface area contributed by atoms with Crippen LogP contribution in [-0.4, -0.2) is 14.5 Å². The fourth-order valence-electron chi connectivity index (χ4n) is 2.18. The zero-order chi connectivity index (χ0) is 13.4. The van der Waals surface area contributed by atoms with Crippen LogP contribution in [0.1, 0.15) is 17.5 Å². The number of rotatable bonds is 2. The minimum Gasteiger partial charge on any atom is -0.323 e. The number of fused-ring (bicyclic) bond motifs is 1. The highest BCUT2D eigenvalue weighted by atomic mass is 32.1. The summed E-state index contributed by atoms with van der Waals surface area (Å²) in [5, 5.41) is 12.0. The Labute approximate surface area is 115 Å². The minimum absolute atomic E-state index is 0.634. The molecule has 0 saturated carbocycles. The van der Waals surface area contributed by atoms with Crippen molar-refractivity contribution in [2.45, 2.75) is 20.4 Å². The molecule has 0 saturated heterocycles. The van der Waals surface area contributed by atoms with E-state index in [2.05, 4.69) is 27.5 Å². The molecule has 94 valence electrons. The zero-order valence-corrected chi connectivity index (χ0v) is 11.5. The number of hydrogen-bond acceptors (Lipinski definition) is 4. The van der Waals surface area contributed by atoms with Gasteiger partial charge in [-0.3, -0.25) is 0 Å². The smallest absolute Gasteiger partial charge is 0.160 e. The number of nitrogens with zero attached hydrogens (tertiary/aromatic N) is 4. The van der Waals surface area contributed by atoms with Crippen LogP contribution in [-0.2, 0) is 6.54 Å². The molecule has 0 unspecified atom stereocenters. The molecule has 3 rings (SSSR count). The molecule has 0 aliphatic rings. The molecule has 2 heterocycles. The molecule has 2 aromatic heterocycles. The number of imidazole rings is 1. The first kappa shape index (κ1) is 11.9. The highest BCUT2D eigenvalue weighted by molar-refractivity contribution is 7.09. The Morgan fingerprint density at radius 2 is 2.21 bits per heavy atom. The molecule has 0 aliphatic heterocycles. The third-order valence-electron chi connectivity index (χ3n) is 3.04. The van der Waals surface area contributed by atoms with Crippen molar-refractivity contribution in [1.82, 2.24) is 14.5 Å². The molecule has 0 radical (unpaired) electrons. The lowest BCUT2D eigenvalue weighted by Gasteiger charge is -2.03. The average Bonchev–Trinajstić information content (AvgIpc) is 3.00. The van der Waals surface area contributed by atoms with Crippen molar-refractivity contribution in [2.75, 3.05) is 0 Å². The Bertz CT molecular complexity index is 791. The van der Waals surface area contributed by atoms with Crippen molar-refractivity contribution in [3.63, 3.8) is 0 Å². The second-order valence-corrected chi connectivity index (χ2v) is 5.31. The van der Waals surface area contributed by atoms with E-state index in [1.165, 1.54) is 0 Å². The van der Waals surface area contributed by atoms with Crippen LogP contribution in [0.4, 0.5) is 0 Å². The molecule has 0 spiro atoms. The van der Waals surface area contributed by atoms with Crippen molar-refractivity contribution in [3.05, 3.63) is 34.2 Å². The molecule has 19 heavy (non-hydrogen) atoms. The Morgan fingerprint density at radius 3 is 2.84 bits per heavy atom. The number of aryl methyl sites for hydroxylation is 2. The second kappa shape index (κ2) is 4.48. The topological polar surface area (TPSA) is 54.5 Å². The van der Waals surface area contributed by atoms with Crippen molar-refractivity contribution in [1.29, 1.82) is 5.26 Å². The van der Waals surface area contributed by atoms with Crippen LogP contribution in [0.15, 0.2) is 23.6 Å². The predicted octanol–water partition coefficient (Wildman–Crippen LogP) is 3.36. The van der Waals surface area contributed by atoms with Gasteiger partial charge in [0.15, 0.2) is 5.82 Å². The van der Waals surface area contributed by atoms with Crippen molar-refractivity contribution in [3.8, 4) is 17.6 Å². The Balaban J connectivity index is 2.27. The van der Waals surface area contributed by atoms with Gasteiger partial charge in [0.1, 0.15) is 5.69 Å². The van der Waals surface area contributed by atoms with E-state index in [0.717, 1.165) is 34.1 Å². The van der Waals surface area contributed by atoms with Crippen molar-refractivity contribution in [2.24, 2.45) is 0 Å². The van der Waals surface area contributed by atoms with E-state index in [0.29, 0.717) is 5.56 Å². The highest BCUT2D eigenvalue weighted by Gasteiger charge is 2.14. The van der Waals surface area contributed by atoms with E-state index in [4.69, 9.17) is 5.26 Å². The number of benzene rings is 1. The molecule has 0 N–H and O–H groups in total. The summed E-state index contributed by atoms with van der Waals surface area (Å²) >= 11 is 1.62. The van der Waals surface area contributed by atoms with E-state index >= 15 is 0 Å². The number of thiazole rings is 1. The second-order valence-electron chi connectivity index (χ2n) is 4.25. The van der Waals surface area contributed by atoms with Gasteiger partial charge in [-0.15, -0.1) is 11.3 Å². The number of hydrogen-bond donors (Lipinski definition) is 0. The maximum atomic E-state index is 8.96. The summed E-state index contributed by atoms with van der Waals surface area (Å²) in [4.78, 5) is 9.13. The SMILES string of the molecule is CCn1c(-c2csc(C)n2)nc2cc(C#N)ccc21. The van der Waals surface area contributed by atoms with Gasteiger partial charge >= 0.3 is 0 Å². The van der Waals surface area contributed by atoms with Crippen molar-refractivity contribution < 1.29 is 0 Å². The van der Waals surface area contributed by atoms with Crippen LogP contribution in [0.2, 0.25) is 0 Å². The van der Waals surface area contributed by atoms with E-state index in [-0.39, 0.29) is 0 Å². The molecule has 0 aliphatic carbocycles. The monoisotopic (exact) mass is 268 g/mol. The minimum atomic E-state index is 0.634. The van der Waals surface area contributed by atoms with Gasteiger partial charge in [0.05, 0.1) is 27.7 Å². The third kappa shape index (κ3) is 1.90. The maximum Gasteiger partial charge on any atom is 0.160 e. The summed E-state index contributed by atoms with van der Waals surface area (Å²) in [5.41, 5.74) is 3.43. The van der Waals surface area contributed by atoms with Gasteiger partial charge in [-0.1, -0.05) is 0 Å². The lowest BCUT2D eigenvalue weighted by atomic mass is 10.2. The van der Waals surface area contributed by atoms with Gasteiger partial charge in [-0.2, -0.15) is 5.26 Å². The van der Waals surface area contributed by atoms with E-state index < -0.39 is 0 Å². The molecule has 0 amide bonds. The number of aromatic nitrogens is 3. The maximum absolute atomic E-state index is 8.96. The largest absolute Gasteiger partial charge is 0.323 e. The van der Waals surface area contributed by atoms with Crippen LogP contribution in [0, 0.1) is 18.3 Å². The first-order valence-corrected chi connectivity index (χ1v) is 6.93. The van der Waals surface area contributed by atoms with Crippen LogP contribution in [0.25, 0.3) is 22.6 Å². The van der Waals surface area contributed by atoms with Gasteiger partial charge in [0.2, 0.25) is 0 Å². The van der Waals surface area contributed by atoms with Gasteiger partial charge in [0.25, 0.3) is 0 Å². The van der Waals surface area contributed by atoms with Crippen LogP contribution in [0.5, 0.6) is 0 Å². The Morgan fingerprint density at radius 1 is 1.37 bits per heavy atom. The van der Waals surface area contributed by atoms with Crippen molar-refractivity contribution >= 4 is 22.4 Å². The normalized spacial score (nSPS) is 10.8. The van der Waals surface area contributed by atoms with Crippen LogP contribution in [0.3, 0.4) is 0 Å². The summed E-state index contributed by atoms with van der Waals surface area (Å²) in [6, 6.07) is 7.75. The van der Waals surface area contributed by atoms with E-state index in [9.17, 15) is 0 Å². The molecular formula is C14H12N4S. The predicted molar refractivity (Wildman–Crippen MR) is 76.0 cm³/mol. The van der Waals surface area contributed by atoms with Gasteiger partial charge < -0.3 is 4.57 Å². The molecule has 0 bridgehead atoms. The fourth-order valence-corrected chi connectivity index (χ4v) is 2.77. The van der Waals surface area contributed by atoms with E-state index in [1.54, 1.807) is 11.3 Å². The van der Waals surface area contributed by atoms with Gasteiger partial charge in [0, 0.05) is 11.9 Å². The summed E-state index contributed by atoms with van der Waals surface area (Å²) in [5.74, 6) is 0.872. The summed E-state index contributed by atoms with van der Waals surface area (Å²) in [6.45, 7) is 4.90. The highest BCUT2D eigenvalue weighted by Crippen LogP contribution is 2.26. The quantitative estimate of drug-likeness (QED) is 0.716. The molecule has 0 fully saturated rings. The van der Waals surface area contributed by atoms with Crippen LogP contribution < -0.4 is 0 Å². The lowest BCUT2D eigenvalue weighted by molar-refractivity contribution is 0.793. The first-order chi connectivity index (χ1) is 9.22. The average molecular weight is 268 g/mol. The van der Waals surface area contributed by atoms with E-state index in [1.807, 2.05) is 30.5 Å². The third-order valence-corrected chi connectivity index (χ3v) is 3.82. The first-order valence-electron chi connectivity index (χ1n) is 6.06. The molecule has 3 aromatic rings. The molecular weight excluding hydrogens is 256 g/mol.